The first kappa shape index (κ1) is 35.4. The van der Waals surface area contributed by atoms with Gasteiger partial charge in [0.2, 0.25) is 0 Å². The van der Waals surface area contributed by atoms with Crippen molar-refractivity contribution in [1.82, 2.24) is 10.0 Å². The van der Waals surface area contributed by atoms with Gasteiger partial charge in [0.15, 0.2) is 0 Å². The molecule has 0 radical (unpaired) electrons. The van der Waals surface area contributed by atoms with Crippen LogP contribution in [0.4, 0.5) is 11.4 Å². The van der Waals surface area contributed by atoms with E-state index in [2.05, 4.69) is 29.5 Å². The van der Waals surface area contributed by atoms with Crippen molar-refractivity contribution < 1.29 is 130 Å². The van der Waals surface area contributed by atoms with Gasteiger partial charge in [-0.05, 0) is 74.2 Å². The Morgan fingerprint density at radius 3 is 1.18 bits per heavy atom. The Kier molecular flexibility index (Phi) is 14.9. The Morgan fingerprint density at radius 1 is 0.632 bits per heavy atom. The van der Waals surface area contributed by atoms with Gasteiger partial charge >= 0.3 is 103 Å². The summed E-state index contributed by atoms with van der Waals surface area (Å²) in [4.78, 5) is -0.226. The van der Waals surface area contributed by atoms with Crippen molar-refractivity contribution >= 4 is 43.2 Å². The van der Waals surface area contributed by atoms with E-state index in [1.54, 1.807) is 10.0 Å². The quantitative estimate of drug-likeness (QED) is 0.122. The molecule has 2 aromatic carbocycles. The van der Waals surface area contributed by atoms with E-state index >= 15 is 0 Å². The van der Waals surface area contributed by atoms with Crippen LogP contribution in [0.25, 0.3) is 0 Å². The molecule has 0 bridgehead atoms. The Balaban J connectivity index is 0.00000361. The normalized spacial score (nSPS) is 15.4. The molecule has 0 spiro atoms. The first-order valence-electron chi connectivity index (χ1n) is 10.5. The summed E-state index contributed by atoms with van der Waals surface area (Å²) >= 11 is 0. The van der Waals surface area contributed by atoms with Gasteiger partial charge in [-0.2, -0.15) is 25.6 Å². The molecule has 14 nitrogen and oxygen atoms in total. The average Bonchev–Trinajstić information content (AvgIpc) is 2.81. The van der Waals surface area contributed by atoms with Crippen molar-refractivity contribution in [3.63, 3.8) is 0 Å². The van der Waals surface area contributed by atoms with Crippen LogP contribution in [-0.2, 0) is 20.0 Å². The first-order valence-corrected chi connectivity index (χ1v) is 13.3. The SMILES string of the molecule is CC([O-])=NS(=O)(=O)c1ccc(N=NN2CCN(N=Nc3ccc(S(=O)(=O)N=C(C)[O-])cc3)CC2)cc1.[K+].[K+]. The predicted molar refractivity (Wildman–Crippen MR) is 126 cm³/mol. The van der Waals surface area contributed by atoms with E-state index in [4.69, 9.17) is 0 Å². The maximum Gasteiger partial charge on any atom is 1.00 e. The molecule has 3 rings (SSSR count). The number of hydrogen-bond donors (Lipinski definition) is 0. The number of benzene rings is 2. The van der Waals surface area contributed by atoms with Crippen LogP contribution in [0, 0.1) is 0 Å². The van der Waals surface area contributed by atoms with E-state index in [0.717, 1.165) is 13.8 Å². The van der Waals surface area contributed by atoms with Crippen LogP contribution in [0.3, 0.4) is 0 Å². The molecule has 0 aromatic heterocycles. The Hall–Kier alpha value is -0.647. The van der Waals surface area contributed by atoms with Gasteiger partial charge in [0, 0.05) is 0 Å². The second kappa shape index (κ2) is 16.0. The summed E-state index contributed by atoms with van der Waals surface area (Å²) in [5, 5.41) is 41.8. The summed E-state index contributed by atoms with van der Waals surface area (Å²) in [5.41, 5.74) is 0.862. The summed E-state index contributed by atoms with van der Waals surface area (Å²) in [6, 6.07) is 11.0. The Morgan fingerprint density at radius 2 is 0.921 bits per heavy atom. The zero-order chi connectivity index (χ0) is 26.3. The summed E-state index contributed by atoms with van der Waals surface area (Å²) in [6.45, 7) is 4.16. The van der Waals surface area contributed by atoms with E-state index < -0.39 is 31.8 Å². The molecular weight excluding hydrogens is 591 g/mol. The minimum absolute atomic E-state index is 0. The number of piperazine rings is 1. The smallest absolute Gasteiger partial charge is 0.861 e. The van der Waals surface area contributed by atoms with Crippen molar-refractivity contribution in [2.45, 2.75) is 23.6 Å². The molecule has 38 heavy (non-hydrogen) atoms. The maximum absolute atomic E-state index is 11.9. The fourth-order valence-electron chi connectivity index (χ4n) is 2.91. The number of sulfonamides is 2. The third kappa shape index (κ3) is 11.1. The van der Waals surface area contributed by atoms with Crippen LogP contribution in [-0.4, -0.2) is 64.8 Å². The first-order chi connectivity index (χ1) is 16.9. The van der Waals surface area contributed by atoms with Crippen LogP contribution in [0.2, 0.25) is 0 Å². The van der Waals surface area contributed by atoms with Gasteiger partial charge in [-0.3, -0.25) is 10.0 Å². The molecule has 192 valence electrons. The van der Waals surface area contributed by atoms with Gasteiger partial charge < -0.3 is 10.2 Å². The Labute approximate surface area is 306 Å². The van der Waals surface area contributed by atoms with Crippen LogP contribution in [0.5, 0.6) is 0 Å². The molecule has 0 aliphatic carbocycles. The summed E-state index contributed by atoms with van der Waals surface area (Å²) in [5.74, 6) is -1.61. The monoisotopic (exact) mass is 612 g/mol. The van der Waals surface area contributed by atoms with E-state index in [-0.39, 0.29) is 113 Å². The zero-order valence-corrected chi connectivity index (χ0v) is 29.2. The summed E-state index contributed by atoms with van der Waals surface area (Å²) in [6.07, 6.45) is 0. The zero-order valence-electron chi connectivity index (χ0n) is 21.3. The average molecular weight is 613 g/mol. The number of rotatable bonds is 8. The van der Waals surface area contributed by atoms with E-state index in [0.29, 0.717) is 37.6 Å². The molecular formula is C20H22K2N8O6S2. The van der Waals surface area contributed by atoms with Gasteiger partial charge in [0.25, 0.3) is 20.0 Å². The fraction of sp³-hybridized carbons (Fsp3) is 0.300. The molecule has 0 atom stereocenters. The van der Waals surface area contributed by atoms with E-state index in [9.17, 15) is 27.0 Å². The topological polar surface area (TPSA) is 195 Å². The molecule has 18 heteroatoms. The third-order valence-electron chi connectivity index (χ3n) is 4.57. The van der Waals surface area contributed by atoms with E-state index in [1.807, 2.05) is 0 Å². The number of hydrogen-bond acceptors (Lipinski definition) is 10. The fourth-order valence-corrected chi connectivity index (χ4v) is 4.76. The van der Waals surface area contributed by atoms with Gasteiger partial charge in [0.05, 0.1) is 47.3 Å². The maximum atomic E-state index is 11.9. The van der Waals surface area contributed by atoms with Crippen LogP contribution >= 0.6 is 0 Å². The van der Waals surface area contributed by atoms with Crippen molar-refractivity contribution in [3.05, 3.63) is 48.5 Å². The minimum Gasteiger partial charge on any atom is -0.861 e. The molecule has 1 aliphatic heterocycles. The molecule has 0 saturated carbocycles. The van der Waals surface area contributed by atoms with Crippen LogP contribution in [0.1, 0.15) is 13.8 Å². The van der Waals surface area contributed by atoms with Gasteiger partial charge in [-0.1, -0.05) is 10.4 Å². The molecule has 0 amide bonds. The predicted octanol–water partition coefficient (Wildman–Crippen LogP) is -5.06. The van der Waals surface area contributed by atoms with Gasteiger partial charge in [-0.25, -0.2) is 0 Å². The molecule has 0 N–H and O–H groups in total. The summed E-state index contributed by atoms with van der Waals surface area (Å²) < 4.78 is 53.9. The minimum atomic E-state index is -4.03. The van der Waals surface area contributed by atoms with Gasteiger partial charge in [-0.15, -0.1) is 10.2 Å². The summed E-state index contributed by atoms with van der Waals surface area (Å²) in [7, 11) is -8.06. The van der Waals surface area contributed by atoms with Crippen LogP contribution in [0.15, 0.2) is 87.8 Å². The third-order valence-corrected chi connectivity index (χ3v) is 7.30. The second-order valence-electron chi connectivity index (χ2n) is 7.44. The molecule has 1 saturated heterocycles. The van der Waals surface area contributed by atoms with Crippen molar-refractivity contribution in [2.75, 3.05) is 26.2 Å². The largest absolute Gasteiger partial charge is 1.00 e. The molecule has 1 heterocycles. The second-order valence-corrected chi connectivity index (χ2v) is 10.7. The molecule has 1 fully saturated rings. The standard InChI is InChI=1S/C20H24N8O6S2.2K/c1-15(29)23-35(31,32)19-7-3-17(4-8-19)21-25-27-11-13-28(14-12-27)26-22-18-5-9-20(10-6-18)36(33,34)24-16(2)30;;/h3-10H,11-14H2,1-2H3,(H,23,29)(H,24,30);;/q;2*+1/p-2. The van der Waals surface area contributed by atoms with Crippen molar-refractivity contribution in [3.8, 4) is 0 Å². The van der Waals surface area contributed by atoms with Crippen LogP contribution < -0.4 is 113 Å². The molecule has 0 unspecified atom stereocenters. The van der Waals surface area contributed by atoms with Crippen molar-refractivity contribution in [2.24, 2.45) is 29.5 Å². The molecule has 2 aromatic rings. The van der Waals surface area contributed by atoms with Gasteiger partial charge in [0.1, 0.15) is 0 Å². The number of nitrogens with zero attached hydrogens (tertiary/aromatic N) is 8. The van der Waals surface area contributed by atoms with E-state index in [1.165, 1.54) is 48.5 Å². The molecule has 1 aliphatic rings. The van der Waals surface area contributed by atoms with Crippen molar-refractivity contribution in [1.29, 1.82) is 0 Å². The Bertz CT molecular complexity index is 1290.